The lowest BCUT2D eigenvalue weighted by molar-refractivity contribution is 0.677. The summed E-state index contributed by atoms with van der Waals surface area (Å²) in [5, 5.41) is 9.28. The van der Waals surface area contributed by atoms with E-state index in [0.29, 0.717) is 11.7 Å². The van der Waals surface area contributed by atoms with E-state index in [1.807, 2.05) is 25.7 Å². The van der Waals surface area contributed by atoms with Crippen molar-refractivity contribution in [2.24, 2.45) is 5.92 Å². The second-order valence-corrected chi connectivity index (χ2v) is 4.04. The lowest BCUT2D eigenvalue weighted by Gasteiger charge is -2.24. The third-order valence-corrected chi connectivity index (χ3v) is 2.77. The molecule has 0 N–H and O–H groups in total. The molecular weight excluding hydrogens is 224 g/mol. The Balaban J connectivity index is 2.96. The second-order valence-electron chi connectivity index (χ2n) is 3.68. The van der Waals surface area contributed by atoms with Gasteiger partial charge in [-0.3, -0.25) is 0 Å². The van der Waals surface area contributed by atoms with Crippen LogP contribution in [-0.2, 0) is 0 Å². The fraction of sp³-hybridized carbons (Fsp3) is 0.545. The molecule has 4 nitrogen and oxygen atoms in total. The van der Waals surface area contributed by atoms with Gasteiger partial charge in [-0.2, -0.15) is 5.26 Å². The highest BCUT2D eigenvalue weighted by molar-refractivity contribution is 6.30. The van der Waals surface area contributed by atoms with Crippen LogP contribution in [0.15, 0.2) is 6.33 Å². The van der Waals surface area contributed by atoms with E-state index in [9.17, 15) is 0 Å². The third-order valence-electron chi connectivity index (χ3n) is 2.39. The molecule has 1 atom stereocenters. The van der Waals surface area contributed by atoms with Gasteiger partial charge >= 0.3 is 0 Å². The quantitative estimate of drug-likeness (QED) is 0.756. The zero-order valence-corrected chi connectivity index (χ0v) is 10.5. The molecule has 16 heavy (non-hydrogen) atoms. The van der Waals surface area contributed by atoms with Crippen LogP contribution in [0.4, 0.5) is 5.82 Å². The number of nitrogens with zero attached hydrogens (tertiary/aromatic N) is 4. The van der Waals surface area contributed by atoms with Gasteiger partial charge in [0.15, 0.2) is 0 Å². The number of hydrogen-bond donors (Lipinski definition) is 0. The Labute approximate surface area is 101 Å². The number of hydrogen-bond acceptors (Lipinski definition) is 4. The first-order valence-corrected chi connectivity index (χ1v) is 5.59. The van der Waals surface area contributed by atoms with Crippen LogP contribution < -0.4 is 4.90 Å². The molecule has 0 bridgehead atoms. The van der Waals surface area contributed by atoms with E-state index in [1.165, 1.54) is 6.33 Å². The van der Waals surface area contributed by atoms with Crippen LogP contribution in [0.1, 0.15) is 19.4 Å². The molecule has 0 fully saturated rings. The summed E-state index contributed by atoms with van der Waals surface area (Å²) in [5.41, 5.74) is 0.858. The summed E-state index contributed by atoms with van der Waals surface area (Å²) in [6.45, 7) is 7.25. The van der Waals surface area contributed by atoms with Crippen molar-refractivity contribution in [2.75, 3.05) is 18.0 Å². The van der Waals surface area contributed by atoms with Crippen LogP contribution in [0.5, 0.6) is 0 Å². The van der Waals surface area contributed by atoms with Crippen molar-refractivity contribution in [2.45, 2.75) is 20.8 Å². The van der Waals surface area contributed by atoms with Crippen molar-refractivity contribution in [3.05, 3.63) is 17.0 Å². The summed E-state index contributed by atoms with van der Waals surface area (Å²) in [4.78, 5) is 10.2. The molecule has 86 valence electrons. The Bertz CT molecular complexity index is 399. The minimum absolute atomic E-state index is 0.0342. The van der Waals surface area contributed by atoms with Gasteiger partial charge in [-0.15, -0.1) is 0 Å². The number of nitriles is 1. The average Bonchev–Trinajstić information content (AvgIpc) is 2.29. The van der Waals surface area contributed by atoms with Crippen LogP contribution >= 0.6 is 11.6 Å². The van der Waals surface area contributed by atoms with Crippen LogP contribution in [0.2, 0.25) is 5.15 Å². The monoisotopic (exact) mass is 238 g/mol. The Morgan fingerprint density at radius 2 is 2.25 bits per heavy atom. The lowest BCUT2D eigenvalue weighted by Crippen LogP contribution is -2.29. The standard InChI is InChI=1S/C11H15ClN4/c1-4-16(6-8(2)5-13)11-9(3)10(12)14-7-15-11/h7-8H,4,6H2,1-3H3. The van der Waals surface area contributed by atoms with E-state index in [4.69, 9.17) is 16.9 Å². The van der Waals surface area contributed by atoms with Crippen molar-refractivity contribution < 1.29 is 0 Å². The van der Waals surface area contributed by atoms with Gasteiger partial charge in [-0.05, 0) is 20.8 Å². The van der Waals surface area contributed by atoms with E-state index < -0.39 is 0 Å². The SMILES string of the molecule is CCN(CC(C)C#N)c1ncnc(Cl)c1C. The summed E-state index contributed by atoms with van der Waals surface area (Å²) in [7, 11) is 0. The molecule has 0 aliphatic heterocycles. The summed E-state index contributed by atoms with van der Waals surface area (Å²) in [6.07, 6.45) is 1.45. The summed E-state index contributed by atoms with van der Waals surface area (Å²) < 4.78 is 0. The van der Waals surface area contributed by atoms with Gasteiger partial charge in [0.2, 0.25) is 0 Å². The summed E-state index contributed by atoms with van der Waals surface area (Å²) >= 11 is 5.94. The molecule has 0 aromatic carbocycles. The van der Waals surface area contributed by atoms with E-state index in [2.05, 4.69) is 16.0 Å². The largest absolute Gasteiger partial charge is 0.355 e. The molecule has 1 unspecified atom stereocenters. The molecule has 1 heterocycles. The van der Waals surface area contributed by atoms with Crippen LogP contribution in [0.25, 0.3) is 0 Å². The van der Waals surface area contributed by atoms with Crippen LogP contribution in [0, 0.1) is 24.2 Å². The Hall–Kier alpha value is -1.34. The first-order valence-electron chi connectivity index (χ1n) is 5.21. The molecule has 0 amide bonds. The molecular formula is C11H15ClN4. The lowest BCUT2D eigenvalue weighted by atomic mass is 10.2. The Morgan fingerprint density at radius 1 is 1.56 bits per heavy atom. The molecule has 0 radical (unpaired) electrons. The second kappa shape index (κ2) is 5.66. The maximum absolute atomic E-state index is 8.81. The number of rotatable bonds is 4. The smallest absolute Gasteiger partial charge is 0.137 e. The van der Waals surface area contributed by atoms with Gasteiger partial charge in [-0.25, -0.2) is 9.97 Å². The molecule has 0 aliphatic carbocycles. The Kier molecular flexibility index (Phi) is 4.51. The number of halogens is 1. The highest BCUT2D eigenvalue weighted by Crippen LogP contribution is 2.22. The zero-order chi connectivity index (χ0) is 12.1. The molecule has 0 spiro atoms. The molecule has 1 aromatic heterocycles. The Morgan fingerprint density at radius 3 is 2.81 bits per heavy atom. The van der Waals surface area contributed by atoms with Crippen LogP contribution in [0.3, 0.4) is 0 Å². The fourth-order valence-corrected chi connectivity index (χ4v) is 1.60. The van der Waals surface area contributed by atoms with E-state index in [1.54, 1.807) is 0 Å². The summed E-state index contributed by atoms with van der Waals surface area (Å²) in [5.74, 6) is 0.776. The molecule has 1 rings (SSSR count). The highest BCUT2D eigenvalue weighted by Gasteiger charge is 2.14. The topological polar surface area (TPSA) is 52.8 Å². The van der Waals surface area contributed by atoms with Gasteiger partial charge in [-0.1, -0.05) is 11.6 Å². The van der Waals surface area contributed by atoms with Crippen molar-refractivity contribution in [3.8, 4) is 6.07 Å². The molecule has 0 saturated heterocycles. The van der Waals surface area contributed by atoms with Gasteiger partial charge in [0.05, 0.1) is 12.0 Å². The molecule has 1 aromatic rings. The van der Waals surface area contributed by atoms with E-state index in [0.717, 1.165) is 17.9 Å². The first-order chi connectivity index (χ1) is 7.60. The third kappa shape index (κ3) is 2.83. The van der Waals surface area contributed by atoms with Crippen molar-refractivity contribution in [1.82, 2.24) is 9.97 Å². The van der Waals surface area contributed by atoms with E-state index in [-0.39, 0.29) is 5.92 Å². The zero-order valence-electron chi connectivity index (χ0n) is 9.74. The average molecular weight is 239 g/mol. The van der Waals surface area contributed by atoms with Gasteiger partial charge in [0.1, 0.15) is 17.3 Å². The van der Waals surface area contributed by atoms with Crippen molar-refractivity contribution in [3.63, 3.8) is 0 Å². The van der Waals surface area contributed by atoms with Gasteiger partial charge < -0.3 is 4.90 Å². The molecule has 0 saturated carbocycles. The van der Waals surface area contributed by atoms with Crippen molar-refractivity contribution >= 4 is 17.4 Å². The van der Waals surface area contributed by atoms with Crippen molar-refractivity contribution in [1.29, 1.82) is 5.26 Å². The van der Waals surface area contributed by atoms with Gasteiger partial charge in [0.25, 0.3) is 0 Å². The minimum atomic E-state index is -0.0342. The van der Waals surface area contributed by atoms with Gasteiger partial charge in [0, 0.05) is 18.7 Å². The van der Waals surface area contributed by atoms with E-state index >= 15 is 0 Å². The predicted molar refractivity (Wildman–Crippen MR) is 64.4 cm³/mol. The highest BCUT2D eigenvalue weighted by atomic mass is 35.5. The summed E-state index contributed by atoms with van der Waals surface area (Å²) in [6, 6.07) is 2.22. The molecule has 0 aliphatic rings. The number of aromatic nitrogens is 2. The maximum atomic E-state index is 8.81. The minimum Gasteiger partial charge on any atom is -0.355 e. The first kappa shape index (κ1) is 12.7. The maximum Gasteiger partial charge on any atom is 0.137 e. The normalized spacial score (nSPS) is 11.9. The van der Waals surface area contributed by atoms with Crippen LogP contribution in [-0.4, -0.2) is 23.1 Å². The fourth-order valence-electron chi connectivity index (χ4n) is 1.48. The predicted octanol–water partition coefficient (Wildman–Crippen LogP) is 2.42. The molecule has 5 heteroatoms. The number of anilines is 1.